The monoisotopic (exact) mass is 388 g/mol. The summed E-state index contributed by atoms with van der Waals surface area (Å²) in [6.07, 6.45) is 7.18. The number of rotatable bonds is 6. The van der Waals surface area contributed by atoms with Crippen LogP contribution in [0, 0.1) is 0 Å². The third-order valence-corrected chi connectivity index (χ3v) is 5.34. The van der Waals surface area contributed by atoms with Gasteiger partial charge in [-0.1, -0.05) is 36.4 Å². The highest BCUT2D eigenvalue weighted by molar-refractivity contribution is 6.01. The molecule has 0 unspecified atom stereocenters. The van der Waals surface area contributed by atoms with Crippen LogP contribution in [-0.4, -0.2) is 31.2 Å². The molecule has 4 rings (SSSR count). The Morgan fingerprint density at radius 1 is 1.17 bits per heavy atom. The number of aliphatic imine (C=N–C) groups is 1. The van der Waals surface area contributed by atoms with Crippen LogP contribution in [0.4, 0.5) is 5.69 Å². The van der Waals surface area contributed by atoms with Gasteiger partial charge in [0.25, 0.3) is 5.91 Å². The predicted octanol–water partition coefficient (Wildman–Crippen LogP) is 5.06. The molecule has 2 aromatic rings. The third kappa shape index (κ3) is 3.81. The van der Waals surface area contributed by atoms with Crippen molar-refractivity contribution in [1.29, 1.82) is 0 Å². The van der Waals surface area contributed by atoms with Crippen molar-refractivity contribution < 1.29 is 14.3 Å². The van der Waals surface area contributed by atoms with Crippen molar-refractivity contribution in [3.8, 4) is 11.5 Å². The van der Waals surface area contributed by atoms with Crippen molar-refractivity contribution in [2.45, 2.75) is 25.9 Å². The van der Waals surface area contributed by atoms with E-state index in [1.165, 1.54) is 5.57 Å². The van der Waals surface area contributed by atoms with Crippen LogP contribution in [0.3, 0.4) is 0 Å². The van der Waals surface area contributed by atoms with Crippen molar-refractivity contribution in [3.05, 3.63) is 77.0 Å². The fourth-order valence-corrected chi connectivity index (χ4v) is 3.81. The molecule has 2 aromatic carbocycles. The molecule has 0 N–H and O–H groups in total. The van der Waals surface area contributed by atoms with Gasteiger partial charge >= 0.3 is 0 Å². The molecule has 5 heteroatoms. The molecule has 1 aliphatic carbocycles. The second kappa shape index (κ2) is 8.35. The smallest absolute Gasteiger partial charge is 0.260 e. The standard InChI is InChI=1S/C24H24N2O3/c1-25-20-15-23(29-16-17-8-4-3-5-9-17)22(28-2)14-19(20)24(27)26-13-12-18-10-6-7-11-21(18)26/h3-5,7-9,11,14-15H,1,6,10,12-13,16H2,2H3. The highest BCUT2D eigenvalue weighted by atomic mass is 16.5. The lowest BCUT2D eigenvalue weighted by Gasteiger charge is -2.22. The molecular weight excluding hydrogens is 364 g/mol. The minimum atomic E-state index is -0.0862. The normalized spacial score (nSPS) is 15.3. The maximum Gasteiger partial charge on any atom is 0.260 e. The first-order valence-electron chi connectivity index (χ1n) is 9.77. The Morgan fingerprint density at radius 2 is 2.00 bits per heavy atom. The Bertz CT molecular complexity index is 993. The molecule has 0 saturated carbocycles. The topological polar surface area (TPSA) is 51.1 Å². The van der Waals surface area contributed by atoms with Crippen LogP contribution in [0.5, 0.6) is 11.5 Å². The van der Waals surface area contributed by atoms with Gasteiger partial charge in [-0.15, -0.1) is 0 Å². The van der Waals surface area contributed by atoms with E-state index in [9.17, 15) is 4.79 Å². The molecule has 1 aliphatic heterocycles. The van der Waals surface area contributed by atoms with E-state index in [1.807, 2.05) is 35.2 Å². The quantitative estimate of drug-likeness (QED) is 0.650. The number of carbonyl (C=O) groups is 1. The Kier molecular flexibility index (Phi) is 5.47. The molecule has 148 valence electrons. The second-order valence-corrected chi connectivity index (χ2v) is 7.09. The average Bonchev–Trinajstić information content (AvgIpc) is 3.21. The van der Waals surface area contributed by atoms with E-state index >= 15 is 0 Å². The second-order valence-electron chi connectivity index (χ2n) is 7.09. The van der Waals surface area contributed by atoms with Crippen LogP contribution >= 0.6 is 0 Å². The number of hydrogen-bond acceptors (Lipinski definition) is 4. The van der Waals surface area contributed by atoms with Crippen LogP contribution < -0.4 is 9.47 Å². The van der Waals surface area contributed by atoms with E-state index in [-0.39, 0.29) is 5.91 Å². The number of amides is 1. The summed E-state index contributed by atoms with van der Waals surface area (Å²) in [5, 5.41) is 0. The molecule has 1 amide bonds. The van der Waals surface area contributed by atoms with Gasteiger partial charge in [-0.05, 0) is 49.3 Å². The van der Waals surface area contributed by atoms with Gasteiger partial charge in [-0.3, -0.25) is 9.79 Å². The maximum absolute atomic E-state index is 13.3. The summed E-state index contributed by atoms with van der Waals surface area (Å²) >= 11 is 0. The SMILES string of the molecule is C=Nc1cc(OCc2ccccc2)c(OC)cc1C(=O)N1CCC2=C1C=CCC2. The highest BCUT2D eigenvalue weighted by Gasteiger charge is 2.29. The van der Waals surface area contributed by atoms with Crippen LogP contribution in [0.15, 0.2) is 70.9 Å². The third-order valence-electron chi connectivity index (χ3n) is 5.34. The molecule has 0 spiro atoms. The van der Waals surface area contributed by atoms with Crippen molar-refractivity contribution in [2.24, 2.45) is 4.99 Å². The van der Waals surface area contributed by atoms with E-state index < -0.39 is 0 Å². The number of carbonyl (C=O) groups excluding carboxylic acids is 1. The first-order valence-corrected chi connectivity index (χ1v) is 9.77. The Labute approximate surface area is 171 Å². The fourth-order valence-electron chi connectivity index (χ4n) is 3.81. The van der Waals surface area contributed by atoms with Gasteiger partial charge in [-0.2, -0.15) is 0 Å². The number of methoxy groups -OCH3 is 1. The van der Waals surface area contributed by atoms with Gasteiger partial charge in [0.1, 0.15) is 6.61 Å². The van der Waals surface area contributed by atoms with E-state index in [1.54, 1.807) is 19.2 Å². The molecular formula is C24H24N2O3. The molecule has 0 radical (unpaired) electrons. The maximum atomic E-state index is 13.3. The number of hydrogen-bond donors (Lipinski definition) is 0. The summed E-state index contributed by atoms with van der Waals surface area (Å²) in [6.45, 7) is 4.74. The summed E-state index contributed by atoms with van der Waals surface area (Å²) in [7, 11) is 1.57. The van der Waals surface area contributed by atoms with Crippen LogP contribution in [-0.2, 0) is 6.61 Å². The Morgan fingerprint density at radius 3 is 2.76 bits per heavy atom. The highest BCUT2D eigenvalue weighted by Crippen LogP contribution is 2.38. The van der Waals surface area contributed by atoms with Crippen molar-refractivity contribution in [2.75, 3.05) is 13.7 Å². The molecule has 0 aromatic heterocycles. The van der Waals surface area contributed by atoms with E-state index in [0.29, 0.717) is 35.9 Å². The van der Waals surface area contributed by atoms with Crippen molar-refractivity contribution in [1.82, 2.24) is 4.90 Å². The van der Waals surface area contributed by atoms with Gasteiger partial charge < -0.3 is 14.4 Å². The molecule has 1 heterocycles. The number of benzene rings is 2. The number of ether oxygens (including phenoxy) is 2. The summed E-state index contributed by atoms with van der Waals surface area (Å²) in [6, 6.07) is 13.3. The van der Waals surface area contributed by atoms with Gasteiger partial charge in [0.2, 0.25) is 0 Å². The van der Waals surface area contributed by atoms with E-state index in [2.05, 4.69) is 23.9 Å². The van der Waals surface area contributed by atoms with Crippen LogP contribution in [0.25, 0.3) is 0 Å². The van der Waals surface area contributed by atoms with Crippen LogP contribution in [0.1, 0.15) is 35.2 Å². The molecule has 0 atom stereocenters. The molecule has 0 bridgehead atoms. The molecule has 0 fully saturated rings. The van der Waals surface area contributed by atoms with E-state index in [0.717, 1.165) is 30.5 Å². The van der Waals surface area contributed by atoms with Crippen LogP contribution in [0.2, 0.25) is 0 Å². The lowest BCUT2D eigenvalue weighted by Crippen LogP contribution is -2.27. The fraction of sp³-hybridized carbons (Fsp3) is 0.250. The largest absolute Gasteiger partial charge is 0.493 e. The zero-order valence-corrected chi connectivity index (χ0v) is 16.6. The minimum absolute atomic E-state index is 0.0862. The molecule has 2 aliphatic rings. The zero-order valence-electron chi connectivity index (χ0n) is 16.6. The first kappa shape index (κ1) is 19.0. The first-order chi connectivity index (χ1) is 14.2. The van der Waals surface area contributed by atoms with Gasteiger partial charge in [0, 0.05) is 18.3 Å². The summed E-state index contributed by atoms with van der Waals surface area (Å²) in [4.78, 5) is 19.2. The average molecular weight is 388 g/mol. The number of allylic oxidation sites excluding steroid dienone is 2. The lowest BCUT2D eigenvalue weighted by atomic mass is 10.0. The predicted molar refractivity (Wildman–Crippen MR) is 114 cm³/mol. The van der Waals surface area contributed by atoms with Gasteiger partial charge in [-0.25, -0.2) is 0 Å². The van der Waals surface area contributed by atoms with Gasteiger partial charge in [0.05, 0.1) is 18.4 Å². The molecule has 0 saturated heterocycles. The van der Waals surface area contributed by atoms with Crippen molar-refractivity contribution in [3.63, 3.8) is 0 Å². The summed E-state index contributed by atoms with van der Waals surface area (Å²) in [5.74, 6) is 0.954. The Balaban J connectivity index is 1.62. The van der Waals surface area contributed by atoms with Crippen molar-refractivity contribution >= 4 is 18.3 Å². The van der Waals surface area contributed by atoms with E-state index in [4.69, 9.17) is 9.47 Å². The zero-order chi connectivity index (χ0) is 20.2. The number of nitrogens with zero attached hydrogens (tertiary/aromatic N) is 2. The summed E-state index contributed by atoms with van der Waals surface area (Å²) < 4.78 is 11.5. The Hall–Kier alpha value is -3.34. The van der Waals surface area contributed by atoms with Gasteiger partial charge in [0.15, 0.2) is 11.5 Å². The summed E-state index contributed by atoms with van der Waals surface area (Å²) in [5.41, 5.74) is 4.39. The lowest BCUT2D eigenvalue weighted by molar-refractivity contribution is 0.0823. The molecule has 5 nitrogen and oxygen atoms in total. The molecule has 29 heavy (non-hydrogen) atoms. The minimum Gasteiger partial charge on any atom is -0.493 e.